The average molecular weight is 211 g/mol. The van der Waals surface area contributed by atoms with Crippen LogP contribution in [0.25, 0.3) is 0 Å². The molecular weight excluding hydrogens is 190 g/mol. The van der Waals surface area contributed by atoms with Crippen molar-refractivity contribution in [2.45, 2.75) is 45.8 Å². The molecule has 0 radical (unpaired) electrons. The summed E-state index contributed by atoms with van der Waals surface area (Å²) in [5.41, 5.74) is 6.01. The van der Waals surface area contributed by atoms with E-state index in [9.17, 15) is 0 Å². The van der Waals surface area contributed by atoms with Gasteiger partial charge in [-0.1, -0.05) is 13.8 Å². The van der Waals surface area contributed by atoms with E-state index >= 15 is 0 Å². The van der Waals surface area contributed by atoms with Gasteiger partial charge in [-0.3, -0.25) is 0 Å². The van der Waals surface area contributed by atoms with Crippen molar-refractivity contribution in [2.75, 3.05) is 6.61 Å². The Labute approximate surface area is 91.6 Å². The highest BCUT2D eigenvalue weighted by Crippen LogP contribution is 2.24. The van der Waals surface area contributed by atoms with Gasteiger partial charge in [-0.15, -0.1) is 0 Å². The minimum Gasteiger partial charge on any atom is -0.464 e. The number of hydrogen-bond donors (Lipinski definition) is 1. The van der Waals surface area contributed by atoms with Crippen LogP contribution in [-0.4, -0.2) is 12.6 Å². The molecule has 0 bridgehead atoms. The fourth-order valence-electron chi connectivity index (χ4n) is 1.48. The van der Waals surface area contributed by atoms with Gasteiger partial charge in [-0.2, -0.15) is 0 Å². The van der Waals surface area contributed by atoms with Gasteiger partial charge in [0.2, 0.25) is 0 Å². The fourth-order valence-corrected chi connectivity index (χ4v) is 1.48. The molecule has 0 fully saturated rings. The van der Waals surface area contributed by atoms with Crippen LogP contribution >= 0.6 is 0 Å². The highest BCUT2D eigenvalue weighted by atomic mass is 16.5. The van der Waals surface area contributed by atoms with E-state index in [0.717, 1.165) is 31.0 Å². The molecule has 0 aliphatic rings. The summed E-state index contributed by atoms with van der Waals surface area (Å²) in [7, 11) is 0. The second kappa shape index (κ2) is 5.93. The number of aryl methyl sites for hydroxylation is 1. The summed E-state index contributed by atoms with van der Waals surface area (Å²) in [4.78, 5) is 0. The van der Waals surface area contributed by atoms with Crippen LogP contribution in [0.5, 0.6) is 0 Å². The molecule has 0 spiro atoms. The van der Waals surface area contributed by atoms with Crippen LogP contribution in [0.4, 0.5) is 0 Å². The van der Waals surface area contributed by atoms with Gasteiger partial charge in [-0.05, 0) is 31.9 Å². The number of rotatable bonds is 6. The van der Waals surface area contributed by atoms with Crippen LogP contribution in [0, 0.1) is 6.92 Å². The Kier molecular flexibility index (Phi) is 4.85. The first-order chi connectivity index (χ1) is 7.19. The van der Waals surface area contributed by atoms with E-state index in [1.165, 1.54) is 0 Å². The molecule has 0 aliphatic heterocycles. The first-order valence-corrected chi connectivity index (χ1v) is 5.62. The van der Waals surface area contributed by atoms with E-state index in [2.05, 4.69) is 13.8 Å². The van der Waals surface area contributed by atoms with Crippen molar-refractivity contribution in [3.05, 3.63) is 23.7 Å². The molecule has 2 atom stereocenters. The fraction of sp³-hybridized carbons (Fsp3) is 0.667. The Bertz CT molecular complexity index is 283. The summed E-state index contributed by atoms with van der Waals surface area (Å²) < 4.78 is 11.3. The molecule has 1 heterocycles. The van der Waals surface area contributed by atoms with Crippen molar-refractivity contribution in [1.82, 2.24) is 0 Å². The third-order valence-electron chi connectivity index (χ3n) is 2.40. The third-order valence-corrected chi connectivity index (χ3v) is 2.40. The minimum absolute atomic E-state index is 0.00194. The lowest BCUT2D eigenvalue weighted by atomic mass is 10.1. The van der Waals surface area contributed by atoms with E-state index < -0.39 is 0 Å². The molecule has 0 aromatic carbocycles. The maximum atomic E-state index is 6.01. The summed E-state index contributed by atoms with van der Waals surface area (Å²) in [6, 6.07) is 3.90. The summed E-state index contributed by atoms with van der Waals surface area (Å²) in [5, 5.41) is 0. The van der Waals surface area contributed by atoms with E-state index in [0.29, 0.717) is 0 Å². The van der Waals surface area contributed by atoms with Crippen LogP contribution < -0.4 is 5.73 Å². The van der Waals surface area contributed by atoms with E-state index in [1.54, 1.807) is 0 Å². The molecule has 1 aromatic heterocycles. The Morgan fingerprint density at radius 2 is 2.13 bits per heavy atom. The van der Waals surface area contributed by atoms with E-state index in [-0.39, 0.29) is 12.1 Å². The normalized spacial score (nSPS) is 15.2. The van der Waals surface area contributed by atoms with Crippen LogP contribution in [0.15, 0.2) is 16.5 Å². The Morgan fingerprint density at radius 3 is 2.60 bits per heavy atom. The maximum Gasteiger partial charge on any atom is 0.134 e. The summed E-state index contributed by atoms with van der Waals surface area (Å²) in [6.07, 6.45) is 1.77. The first-order valence-electron chi connectivity index (χ1n) is 5.62. The largest absolute Gasteiger partial charge is 0.464 e. The second-order valence-corrected chi connectivity index (χ2v) is 3.81. The van der Waals surface area contributed by atoms with Gasteiger partial charge in [0.1, 0.15) is 17.6 Å². The van der Waals surface area contributed by atoms with Crippen LogP contribution in [0.3, 0.4) is 0 Å². The van der Waals surface area contributed by atoms with Crippen LogP contribution in [0.1, 0.15) is 44.3 Å². The van der Waals surface area contributed by atoms with E-state index in [4.69, 9.17) is 14.9 Å². The Balaban J connectivity index is 2.71. The molecular formula is C12H21NO2. The molecule has 2 unspecified atom stereocenters. The SMILES string of the molecule is CCCOC(c1ccc(C)o1)C(N)CC. The highest BCUT2D eigenvalue weighted by molar-refractivity contribution is 5.10. The van der Waals surface area contributed by atoms with Gasteiger partial charge in [-0.25, -0.2) is 0 Å². The third kappa shape index (κ3) is 3.36. The molecule has 3 heteroatoms. The summed E-state index contributed by atoms with van der Waals surface area (Å²) in [6.45, 7) is 6.79. The highest BCUT2D eigenvalue weighted by Gasteiger charge is 2.21. The minimum atomic E-state index is -0.108. The van der Waals surface area contributed by atoms with Crippen molar-refractivity contribution < 1.29 is 9.15 Å². The van der Waals surface area contributed by atoms with Crippen molar-refractivity contribution >= 4 is 0 Å². The zero-order chi connectivity index (χ0) is 11.3. The zero-order valence-corrected chi connectivity index (χ0v) is 9.82. The number of ether oxygens (including phenoxy) is 1. The molecule has 2 N–H and O–H groups in total. The standard InChI is InChI=1S/C12H21NO2/c1-4-8-14-12(10(13)5-2)11-7-6-9(3)15-11/h6-7,10,12H,4-5,8,13H2,1-3H3. The average Bonchev–Trinajstić information content (AvgIpc) is 2.65. The topological polar surface area (TPSA) is 48.4 Å². The molecule has 1 aromatic rings. The summed E-state index contributed by atoms with van der Waals surface area (Å²) in [5.74, 6) is 1.74. The number of furan rings is 1. The Hall–Kier alpha value is -0.800. The molecule has 15 heavy (non-hydrogen) atoms. The van der Waals surface area contributed by atoms with Crippen molar-refractivity contribution in [3.8, 4) is 0 Å². The van der Waals surface area contributed by atoms with Gasteiger partial charge < -0.3 is 14.9 Å². The van der Waals surface area contributed by atoms with Crippen molar-refractivity contribution in [2.24, 2.45) is 5.73 Å². The van der Waals surface area contributed by atoms with Gasteiger partial charge in [0.15, 0.2) is 0 Å². The summed E-state index contributed by atoms with van der Waals surface area (Å²) >= 11 is 0. The second-order valence-electron chi connectivity index (χ2n) is 3.81. The van der Waals surface area contributed by atoms with Crippen molar-refractivity contribution in [1.29, 1.82) is 0 Å². The van der Waals surface area contributed by atoms with Gasteiger partial charge in [0, 0.05) is 12.6 Å². The molecule has 3 nitrogen and oxygen atoms in total. The molecule has 0 amide bonds. The van der Waals surface area contributed by atoms with Gasteiger partial charge >= 0.3 is 0 Å². The van der Waals surface area contributed by atoms with Gasteiger partial charge in [0.05, 0.1) is 0 Å². The van der Waals surface area contributed by atoms with Crippen LogP contribution in [-0.2, 0) is 4.74 Å². The van der Waals surface area contributed by atoms with Gasteiger partial charge in [0.25, 0.3) is 0 Å². The lowest BCUT2D eigenvalue weighted by molar-refractivity contribution is 0.0190. The first kappa shape index (κ1) is 12.3. The smallest absolute Gasteiger partial charge is 0.134 e. The monoisotopic (exact) mass is 211 g/mol. The van der Waals surface area contributed by atoms with Crippen LogP contribution in [0.2, 0.25) is 0 Å². The maximum absolute atomic E-state index is 6.01. The zero-order valence-electron chi connectivity index (χ0n) is 9.82. The van der Waals surface area contributed by atoms with Crippen molar-refractivity contribution in [3.63, 3.8) is 0 Å². The lowest BCUT2D eigenvalue weighted by Crippen LogP contribution is -2.29. The molecule has 0 saturated carbocycles. The molecule has 1 rings (SSSR count). The Morgan fingerprint density at radius 1 is 1.40 bits per heavy atom. The number of nitrogens with two attached hydrogens (primary N) is 1. The predicted octanol–water partition coefficient (Wildman–Crippen LogP) is 2.79. The molecule has 0 aliphatic carbocycles. The molecule has 0 saturated heterocycles. The quantitative estimate of drug-likeness (QED) is 0.787. The lowest BCUT2D eigenvalue weighted by Gasteiger charge is -2.21. The molecule has 86 valence electrons. The predicted molar refractivity (Wildman–Crippen MR) is 60.7 cm³/mol. The van der Waals surface area contributed by atoms with E-state index in [1.807, 2.05) is 19.1 Å². The number of hydrogen-bond acceptors (Lipinski definition) is 3.